The number of benzene rings is 2. The van der Waals surface area contributed by atoms with Gasteiger partial charge in [-0.2, -0.15) is 5.10 Å². The highest BCUT2D eigenvalue weighted by Crippen LogP contribution is 2.28. The van der Waals surface area contributed by atoms with Crippen LogP contribution in [-0.4, -0.2) is 56.4 Å². The van der Waals surface area contributed by atoms with Crippen LogP contribution in [0.15, 0.2) is 47.6 Å². The van der Waals surface area contributed by atoms with Crippen LogP contribution in [0.5, 0.6) is 11.5 Å². The van der Waals surface area contributed by atoms with E-state index in [-0.39, 0.29) is 12.7 Å². The molecule has 0 radical (unpaired) electrons. The van der Waals surface area contributed by atoms with Crippen LogP contribution >= 0.6 is 0 Å². The maximum atomic E-state index is 13.0. The summed E-state index contributed by atoms with van der Waals surface area (Å²) in [5.41, 5.74) is 3.17. The maximum Gasteiger partial charge on any atom is 0.329 e. The zero-order valence-corrected chi connectivity index (χ0v) is 20.5. The first-order valence-electron chi connectivity index (χ1n) is 11.5. The van der Waals surface area contributed by atoms with Crippen molar-refractivity contribution < 1.29 is 33.0 Å². The molecule has 2 rings (SSSR count). The quantitative estimate of drug-likeness (QED) is 0.167. The van der Waals surface area contributed by atoms with Crippen LogP contribution in [-0.2, 0) is 19.1 Å². The first-order valence-corrected chi connectivity index (χ1v) is 11.5. The number of nitrogens with one attached hydrogen (secondary N) is 3. The van der Waals surface area contributed by atoms with Crippen LogP contribution in [0.1, 0.15) is 32.8 Å². The highest BCUT2D eigenvalue weighted by atomic mass is 19.1. The first kappa shape index (κ1) is 28.2. The smallest absolute Gasteiger partial charge is 0.329 e. The van der Waals surface area contributed by atoms with Crippen molar-refractivity contribution in [3.8, 4) is 11.5 Å². The molecule has 36 heavy (non-hydrogen) atoms. The summed E-state index contributed by atoms with van der Waals surface area (Å²) in [5, 5.41) is 8.88. The van der Waals surface area contributed by atoms with Gasteiger partial charge in [-0.15, -0.1) is 0 Å². The summed E-state index contributed by atoms with van der Waals surface area (Å²) in [6, 6.07) is 10.2. The molecule has 0 unspecified atom stereocenters. The van der Waals surface area contributed by atoms with E-state index in [1.807, 2.05) is 13.8 Å². The Morgan fingerprint density at radius 3 is 2.47 bits per heavy atom. The molecule has 3 N–H and O–H groups in total. The summed E-state index contributed by atoms with van der Waals surface area (Å²) in [7, 11) is 0. The molecule has 0 atom stereocenters. The molecular weight excluding hydrogens is 471 g/mol. The SMILES string of the molecule is CCOc1cc(/C=N\NC(=O)C(=O)NCCCOC(C)C)ccc1OCC(=O)Nc1ccc(F)cc1. The second-order valence-corrected chi connectivity index (χ2v) is 7.71. The summed E-state index contributed by atoms with van der Waals surface area (Å²) in [5.74, 6) is -1.83. The fourth-order valence-corrected chi connectivity index (χ4v) is 2.76. The van der Waals surface area contributed by atoms with Gasteiger partial charge in [0.25, 0.3) is 5.91 Å². The molecule has 3 amide bonds. The Bertz CT molecular complexity index is 1040. The van der Waals surface area contributed by atoms with Gasteiger partial charge >= 0.3 is 11.8 Å². The molecule has 2 aromatic carbocycles. The summed E-state index contributed by atoms with van der Waals surface area (Å²) in [6.07, 6.45) is 2.03. The third kappa shape index (κ3) is 10.5. The third-order valence-electron chi connectivity index (χ3n) is 4.40. The number of hydrogen-bond acceptors (Lipinski definition) is 7. The summed E-state index contributed by atoms with van der Waals surface area (Å²) >= 11 is 0. The molecule has 0 aromatic heterocycles. The van der Waals surface area contributed by atoms with Crippen LogP contribution in [0.3, 0.4) is 0 Å². The molecule has 0 spiro atoms. The van der Waals surface area contributed by atoms with Crippen molar-refractivity contribution in [3.63, 3.8) is 0 Å². The lowest BCUT2D eigenvalue weighted by atomic mass is 10.2. The van der Waals surface area contributed by atoms with Crippen LogP contribution in [0.2, 0.25) is 0 Å². The van der Waals surface area contributed by atoms with Gasteiger partial charge in [0, 0.05) is 18.8 Å². The highest BCUT2D eigenvalue weighted by Gasteiger charge is 2.12. The zero-order valence-electron chi connectivity index (χ0n) is 20.5. The molecule has 0 saturated heterocycles. The number of carbonyl (C=O) groups excluding carboxylic acids is 3. The molecule has 0 fully saturated rings. The number of anilines is 1. The van der Waals surface area contributed by atoms with E-state index in [9.17, 15) is 18.8 Å². The predicted octanol–water partition coefficient (Wildman–Crippen LogP) is 2.62. The second-order valence-electron chi connectivity index (χ2n) is 7.71. The van der Waals surface area contributed by atoms with E-state index in [0.29, 0.717) is 48.9 Å². The van der Waals surface area contributed by atoms with E-state index in [4.69, 9.17) is 14.2 Å². The average Bonchev–Trinajstić information content (AvgIpc) is 2.84. The Morgan fingerprint density at radius 1 is 1.03 bits per heavy atom. The van der Waals surface area contributed by atoms with Gasteiger partial charge in [-0.05, 0) is 75.2 Å². The van der Waals surface area contributed by atoms with E-state index >= 15 is 0 Å². The number of carbonyl (C=O) groups is 3. The molecule has 2 aromatic rings. The molecule has 0 aliphatic carbocycles. The molecule has 10 nitrogen and oxygen atoms in total. The Labute approximate surface area is 209 Å². The fourth-order valence-electron chi connectivity index (χ4n) is 2.76. The highest BCUT2D eigenvalue weighted by molar-refractivity contribution is 6.35. The Kier molecular flexibility index (Phi) is 11.8. The molecule has 11 heteroatoms. The number of ether oxygens (including phenoxy) is 3. The minimum absolute atomic E-state index is 0.106. The fraction of sp³-hybridized carbons (Fsp3) is 0.360. The molecule has 194 valence electrons. The molecule has 0 saturated carbocycles. The van der Waals surface area contributed by atoms with E-state index < -0.39 is 23.5 Å². The minimum Gasteiger partial charge on any atom is -0.490 e. The number of halogens is 1. The van der Waals surface area contributed by atoms with Gasteiger partial charge in [0.1, 0.15) is 5.82 Å². The van der Waals surface area contributed by atoms with Gasteiger partial charge in [0.05, 0.1) is 18.9 Å². The topological polar surface area (TPSA) is 127 Å². The van der Waals surface area contributed by atoms with Gasteiger partial charge in [0.15, 0.2) is 18.1 Å². The standard InChI is InChI=1S/C25H31FN4O6/c1-4-34-22-14-18(15-28-30-25(33)24(32)27-12-5-13-35-17(2)3)6-11-21(22)36-16-23(31)29-20-9-7-19(26)8-10-20/h6-11,14-15,17H,4-5,12-13,16H2,1-3H3,(H,27,32)(H,29,31)(H,30,33)/b28-15-. The van der Waals surface area contributed by atoms with E-state index in [1.54, 1.807) is 25.1 Å². The largest absolute Gasteiger partial charge is 0.490 e. The molecule has 0 aliphatic rings. The van der Waals surface area contributed by atoms with Crippen molar-refractivity contribution in [1.82, 2.24) is 10.7 Å². The average molecular weight is 503 g/mol. The number of rotatable bonds is 13. The van der Waals surface area contributed by atoms with Crippen molar-refractivity contribution in [2.45, 2.75) is 33.3 Å². The van der Waals surface area contributed by atoms with E-state index in [2.05, 4.69) is 21.2 Å². The van der Waals surface area contributed by atoms with Gasteiger partial charge < -0.3 is 24.8 Å². The van der Waals surface area contributed by atoms with Crippen LogP contribution in [0, 0.1) is 5.82 Å². The number of hydrogen-bond donors (Lipinski definition) is 3. The summed E-state index contributed by atoms with van der Waals surface area (Å²) in [6.45, 7) is 6.47. The lowest BCUT2D eigenvalue weighted by Gasteiger charge is -2.12. The molecule has 0 bridgehead atoms. The van der Waals surface area contributed by atoms with Crippen molar-refractivity contribution in [1.29, 1.82) is 0 Å². The van der Waals surface area contributed by atoms with E-state index in [1.165, 1.54) is 30.5 Å². The maximum absolute atomic E-state index is 13.0. The van der Waals surface area contributed by atoms with Gasteiger partial charge in [-0.1, -0.05) is 0 Å². The van der Waals surface area contributed by atoms with Crippen molar-refractivity contribution in [2.75, 3.05) is 31.7 Å². The lowest BCUT2D eigenvalue weighted by molar-refractivity contribution is -0.139. The number of nitrogens with zero attached hydrogens (tertiary/aromatic N) is 1. The zero-order chi connectivity index (χ0) is 26.3. The third-order valence-corrected chi connectivity index (χ3v) is 4.40. The van der Waals surface area contributed by atoms with Crippen LogP contribution < -0.4 is 25.5 Å². The molecule has 0 aliphatic heterocycles. The van der Waals surface area contributed by atoms with Crippen molar-refractivity contribution in [3.05, 3.63) is 53.8 Å². The first-order chi connectivity index (χ1) is 17.3. The van der Waals surface area contributed by atoms with Crippen LogP contribution in [0.25, 0.3) is 0 Å². The van der Waals surface area contributed by atoms with Crippen LogP contribution in [0.4, 0.5) is 10.1 Å². The second kappa shape index (κ2) is 15.1. The predicted molar refractivity (Wildman–Crippen MR) is 133 cm³/mol. The van der Waals surface area contributed by atoms with Crippen molar-refractivity contribution >= 4 is 29.6 Å². The number of hydrazone groups is 1. The van der Waals surface area contributed by atoms with Gasteiger partial charge in [0.2, 0.25) is 0 Å². The van der Waals surface area contributed by atoms with Crippen molar-refractivity contribution in [2.24, 2.45) is 5.10 Å². The van der Waals surface area contributed by atoms with Gasteiger partial charge in [-0.25, -0.2) is 9.82 Å². The normalized spacial score (nSPS) is 10.8. The number of amides is 3. The lowest BCUT2D eigenvalue weighted by Crippen LogP contribution is -2.38. The molecular formula is C25H31FN4O6. The monoisotopic (exact) mass is 502 g/mol. The molecule has 0 heterocycles. The Balaban J connectivity index is 1.85. The van der Waals surface area contributed by atoms with E-state index in [0.717, 1.165) is 0 Å². The minimum atomic E-state index is -0.895. The van der Waals surface area contributed by atoms with Gasteiger partial charge in [-0.3, -0.25) is 14.4 Å². The summed E-state index contributed by atoms with van der Waals surface area (Å²) < 4.78 is 29.5. The Hall–Kier alpha value is -3.99. The Morgan fingerprint density at radius 2 is 1.78 bits per heavy atom. The summed E-state index contributed by atoms with van der Waals surface area (Å²) in [4.78, 5) is 35.8.